The third-order valence-electron chi connectivity index (χ3n) is 3.61. The molecule has 0 unspecified atom stereocenters. The fraction of sp³-hybridized carbons (Fsp3) is 0.263. The van der Waals surface area contributed by atoms with E-state index in [1.165, 1.54) is 0 Å². The summed E-state index contributed by atoms with van der Waals surface area (Å²) < 4.78 is 16.4. The molecule has 0 atom stereocenters. The van der Waals surface area contributed by atoms with Crippen molar-refractivity contribution in [2.75, 3.05) is 19.0 Å². The maximum absolute atomic E-state index is 12.1. The van der Waals surface area contributed by atoms with Gasteiger partial charge in [-0.25, -0.2) is 4.98 Å². The van der Waals surface area contributed by atoms with Crippen LogP contribution < -0.4 is 14.8 Å². The molecule has 0 radical (unpaired) electrons. The fourth-order valence-corrected chi connectivity index (χ4v) is 2.35. The van der Waals surface area contributed by atoms with Gasteiger partial charge in [0.2, 0.25) is 0 Å². The molecule has 0 aliphatic rings. The summed E-state index contributed by atoms with van der Waals surface area (Å²) in [6.07, 6.45) is 0. The van der Waals surface area contributed by atoms with Gasteiger partial charge in [-0.3, -0.25) is 4.79 Å². The quantitative estimate of drug-likeness (QED) is 0.735. The zero-order valence-electron chi connectivity index (χ0n) is 14.4. The zero-order valence-corrected chi connectivity index (χ0v) is 14.4. The summed E-state index contributed by atoms with van der Waals surface area (Å²) >= 11 is 0. The predicted octanol–water partition coefficient (Wildman–Crippen LogP) is 3.98. The molecule has 2 aromatic carbocycles. The molecule has 1 heterocycles. The van der Waals surface area contributed by atoms with Crippen LogP contribution in [-0.4, -0.2) is 24.6 Å². The number of aromatic nitrogens is 1. The fourth-order valence-electron chi connectivity index (χ4n) is 2.35. The van der Waals surface area contributed by atoms with Gasteiger partial charge in [-0.15, -0.1) is 0 Å². The number of rotatable bonds is 6. The number of oxazole rings is 1. The number of nitrogens with one attached hydrogen (secondary N) is 1. The summed E-state index contributed by atoms with van der Waals surface area (Å²) in [5.74, 6) is 1.72. The van der Waals surface area contributed by atoms with E-state index in [9.17, 15) is 4.79 Å². The van der Waals surface area contributed by atoms with E-state index in [0.29, 0.717) is 28.7 Å². The molecule has 0 aliphatic heterocycles. The van der Waals surface area contributed by atoms with Crippen LogP contribution in [0, 0.1) is 0 Å². The van der Waals surface area contributed by atoms with Crippen LogP contribution in [0.5, 0.6) is 11.5 Å². The molecule has 3 aromatic rings. The number of para-hydroxylation sites is 2. The Morgan fingerprint density at radius 1 is 1.20 bits per heavy atom. The first kappa shape index (κ1) is 16.8. The highest BCUT2D eigenvalue weighted by molar-refractivity contribution is 5.93. The second-order valence-electron chi connectivity index (χ2n) is 5.88. The molecule has 1 N–H and O–H groups in total. The Morgan fingerprint density at radius 2 is 1.96 bits per heavy atom. The number of nitrogens with zero attached hydrogens (tertiary/aromatic N) is 1. The summed E-state index contributed by atoms with van der Waals surface area (Å²) in [4.78, 5) is 16.5. The SMILES string of the molecule is COc1ccccc1OCC(=O)Nc1ccc2nc(C(C)C)oc2c1. The summed E-state index contributed by atoms with van der Waals surface area (Å²) in [5.41, 5.74) is 2.05. The average molecular weight is 340 g/mol. The first-order chi connectivity index (χ1) is 12.1. The van der Waals surface area contributed by atoms with Gasteiger partial charge in [-0.1, -0.05) is 26.0 Å². The third kappa shape index (κ3) is 3.91. The van der Waals surface area contributed by atoms with Crippen LogP contribution in [0.3, 0.4) is 0 Å². The molecule has 0 spiro atoms. The second kappa shape index (κ2) is 7.25. The molecule has 25 heavy (non-hydrogen) atoms. The lowest BCUT2D eigenvalue weighted by molar-refractivity contribution is -0.118. The molecule has 0 aliphatic carbocycles. The number of fused-ring (bicyclic) bond motifs is 1. The number of carbonyl (C=O) groups is 1. The molecular formula is C19H20N2O4. The summed E-state index contributed by atoms with van der Waals surface area (Å²) in [6.45, 7) is 3.91. The van der Waals surface area contributed by atoms with Crippen molar-refractivity contribution in [3.63, 3.8) is 0 Å². The number of benzene rings is 2. The summed E-state index contributed by atoms with van der Waals surface area (Å²) in [6, 6.07) is 12.5. The molecule has 0 bridgehead atoms. The van der Waals surface area contributed by atoms with Gasteiger partial charge in [0.1, 0.15) is 5.52 Å². The maximum atomic E-state index is 12.1. The van der Waals surface area contributed by atoms with Gasteiger partial charge in [0.15, 0.2) is 29.6 Å². The lowest BCUT2D eigenvalue weighted by Crippen LogP contribution is -2.20. The number of methoxy groups -OCH3 is 1. The van der Waals surface area contributed by atoms with E-state index in [-0.39, 0.29) is 18.4 Å². The predicted molar refractivity (Wildman–Crippen MR) is 95.2 cm³/mol. The average Bonchev–Trinajstić information content (AvgIpc) is 3.04. The van der Waals surface area contributed by atoms with Gasteiger partial charge >= 0.3 is 0 Å². The van der Waals surface area contributed by atoms with Crippen molar-refractivity contribution in [3.8, 4) is 11.5 Å². The minimum atomic E-state index is -0.270. The Labute approximate surface area is 145 Å². The zero-order chi connectivity index (χ0) is 17.8. The van der Waals surface area contributed by atoms with E-state index in [4.69, 9.17) is 13.9 Å². The minimum absolute atomic E-state index is 0.119. The molecule has 1 amide bonds. The Morgan fingerprint density at radius 3 is 2.68 bits per heavy atom. The highest BCUT2D eigenvalue weighted by Gasteiger charge is 2.11. The maximum Gasteiger partial charge on any atom is 0.262 e. The lowest BCUT2D eigenvalue weighted by Gasteiger charge is -2.10. The Kier molecular flexibility index (Phi) is 4.88. The number of hydrogen-bond donors (Lipinski definition) is 1. The lowest BCUT2D eigenvalue weighted by atomic mass is 10.2. The van der Waals surface area contributed by atoms with E-state index in [0.717, 1.165) is 5.52 Å². The number of ether oxygens (including phenoxy) is 2. The van der Waals surface area contributed by atoms with Crippen molar-refractivity contribution in [1.82, 2.24) is 4.98 Å². The van der Waals surface area contributed by atoms with E-state index in [2.05, 4.69) is 10.3 Å². The second-order valence-corrected chi connectivity index (χ2v) is 5.88. The van der Waals surface area contributed by atoms with Crippen molar-refractivity contribution in [1.29, 1.82) is 0 Å². The molecule has 1 aromatic heterocycles. The van der Waals surface area contributed by atoms with E-state index >= 15 is 0 Å². The number of carbonyl (C=O) groups excluding carboxylic acids is 1. The Bertz CT molecular complexity index is 886. The third-order valence-corrected chi connectivity index (χ3v) is 3.61. The van der Waals surface area contributed by atoms with Gasteiger partial charge in [0.25, 0.3) is 5.91 Å². The molecule has 3 rings (SSSR count). The smallest absolute Gasteiger partial charge is 0.262 e. The summed E-state index contributed by atoms with van der Waals surface area (Å²) in [5, 5.41) is 2.79. The van der Waals surface area contributed by atoms with Gasteiger partial charge in [-0.2, -0.15) is 0 Å². The van der Waals surface area contributed by atoms with Gasteiger partial charge in [0.05, 0.1) is 7.11 Å². The first-order valence-corrected chi connectivity index (χ1v) is 8.03. The van der Waals surface area contributed by atoms with Crippen molar-refractivity contribution in [3.05, 3.63) is 48.4 Å². The highest BCUT2D eigenvalue weighted by atomic mass is 16.5. The topological polar surface area (TPSA) is 73.6 Å². The van der Waals surface area contributed by atoms with Crippen LogP contribution in [-0.2, 0) is 4.79 Å². The monoisotopic (exact) mass is 340 g/mol. The van der Waals surface area contributed by atoms with Crippen LogP contribution in [0.15, 0.2) is 46.9 Å². The highest BCUT2D eigenvalue weighted by Crippen LogP contribution is 2.26. The minimum Gasteiger partial charge on any atom is -0.493 e. The molecule has 6 heteroatoms. The van der Waals surface area contributed by atoms with E-state index < -0.39 is 0 Å². The van der Waals surface area contributed by atoms with Crippen LogP contribution in [0.25, 0.3) is 11.1 Å². The number of amides is 1. The molecule has 0 fully saturated rings. The Hall–Kier alpha value is -3.02. The van der Waals surface area contributed by atoms with Crippen molar-refractivity contribution >= 4 is 22.7 Å². The van der Waals surface area contributed by atoms with Gasteiger partial charge < -0.3 is 19.2 Å². The molecule has 130 valence electrons. The van der Waals surface area contributed by atoms with Crippen molar-refractivity contribution < 1.29 is 18.7 Å². The van der Waals surface area contributed by atoms with Crippen LogP contribution in [0.4, 0.5) is 5.69 Å². The van der Waals surface area contributed by atoms with Crippen LogP contribution in [0.1, 0.15) is 25.7 Å². The molecule has 6 nitrogen and oxygen atoms in total. The summed E-state index contributed by atoms with van der Waals surface area (Å²) in [7, 11) is 1.56. The van der Waals surface area contributed by atoms with E-state index in [1.54, 1.807) is 31.4 Å². The molecule has 0 saturated heterocycles. The number of anilines is 1. The van der Waals surface area contributed by atoms with Gasteiger partial charge in [0, 0.05) is 17.7 Å². The first-order valence-electron chi connectivity index (χ1n) is 8.03. The Balaban J connectivity index is 1.65. The van der Waals surface area contributed by atoms with Crippen LogP contribution in [0.2, 0.25) is 0 Å². The molecule has 0 saturated carbocycles. The number of hydrogen-bond acceptors (Lipinski definition) is 5. The largest absolute Gasteiger partial charge is 0.493 e. The van der Waals surface area contributed by atoms with Gasteiger partial charge in [-0.05, 0) is 24.3 Å². The standard InChI is InChI=1S/C19H20N2O4/c1-12(2)19-21-14-9-8-13(10-17(14)25-19)20-18(22)11-24-16-7-5-4-6-15(16)23-3/h4-10,12H,11H2,1-3H3,(H,20,22). The van der Waals surface area contributed by atoms with Crippen molar-refractivity contribution in [2.45, 2.75) is 19.8 Å². The normalized spacial score (nSPS) is 10.9. The van der Waals surface area contributed by atoms with Crippen molar-refractivity contribution in [2.24, 2.45) is 0 Å². The molecular weight excluding hydrogens is 320 g/mol. The van der Waals surface area contributed by atoms with Crippen LogP contribution >= 0.6 is 0 Å². The van der Waals surface area contributed by atoms with E-state index in [1.807, 2.05) is 32.0 Å².